The van der Waals surface area contributed by atoms with Gasteiger partial charge in [0.15, 0.2) is 0 Å². The molecule has 0 bridgehead atoms. The normalized spacial score (nSPS) is 17.9. The van der Waals surface area contributed by atoms with Gasteiger partial charge in [0.25, 0.3) is 10.0 Å². The van der Waals surface area contributed by atoms with Crippen LogP contribution in [-0.4, -0.2) is 45.9 Å². The minimum atomic E-state index is -3.71. The van der Waals surface area contributed by atoms with Crippen molar-refractivity contribution in [1.82, 2.24) is 4.90 Å². The minimum absolute atomic E-state index is 0.125. The topological polar surface area (TPSA) is 69.7 Å². The van der Waals surface area contributed by atoms with E-state index in [0.717, 1.165) is 19.5 Å². The minimum Gasteiger partial charge on any atom is -0.325 e. The van der Waals surface area contributed by atoms with Crippen LogP contribution in [0.4, 0.5) is 11.4 Å². The van der Waals surface area contributed by atoms with Crippen LogP contribution in [0.5, 0.6) is 0 Å². The van der Waals surface area contributed by atoms with Crippen molar-refractivity contribution in [1.29, 1.82) is 0 Å². The summed E-state index contributed by atoms with van der Waals surface area (Å²) in [6.45, 7) is 4.37. The first kappa shape index (κ1) is 20.4. The number of nitrogens with zero attached hydrogens (tertiary/aromatic N) is 2. The first-order valence-corrected chi connectivity index (χ1v) is 11.0. The molecular formula is C21H27N3O3S. The predicted octanol–water partition coefficient (Wildman–Crippen LogP) is 3.18. The quantitative estimate of drug-likeness (QED) is 0.807. The summed E-state index contributed by atoms with van der Waals surface area (Å²) < 4.78 is 27.1. The number of likely N-dealkylation sites (tertiary alicyclic amines) is 1. The van der Waals surface area contributed by atoms with Gasteiger partial charge < -0.3 is 5.32 Å². The summed E-state index contributed by atoms with van der Waals surface area (Å²) in [7, 11) is -2.19. The van der Waals surface area contributed by atoms with E-state index in [1.54, 1.807) is 36.4 Å². The molecule has 0 saturated carbocycles. The largest absolute Gasteiger partial charge is 0.325 e. The molecule has 1 unspecified atom stereocenters. The lowest BCUT2D eigenvalue weighted by Gasteiger charge is -2.30. The number of benzene rings is 2. The third-order valence-corrected chi connectivity index (χ3v) is 6.79. The van der Waals surface area contributed by atoms with Crippen LogP contribution >= 0.6 is 0 Å². The zero-order valence-corrected chi connectivity index (χ0v) is 17.2. The van der Waals surface area contributed by atoms with Crippen molar-refractivity contribution in [2.45, 2.75) is 24.7 Å². The van der Waals surface area contributed by atoms with Crippen molar-refractivity contribution < 1.29 is 13.2 Å². The zero-order valence-electron chi connectivity index (χ0n) is 16.3. The average molecular weight is 402 g/mol. The average Bonchev–Trinajstić information content (AvgIpc) is 2.68. The molecule has 1 aliphatic heterocycles. The number of amides is 1. The summed E-state index contributed by atoms with van der Waals surface area (Å²) in [4.78, 5) is 14.7. The van der Waals surface area contributed by atoms with Crippen LogP contribution in [0.2, 0.25) is 0 Å². The van der Waals surface area contributed by atoms with E-state index in [4.69, 9.17) is 0 Å². The second-order valence-corrected chi connectivity index (χ2v) is 9.34. The summed E-state index contributed by atoms with van der Waals surface area (Å²) in [5.41, 5.74) is 1.06. The summed E-state index contributed by atoms with van der Waals surface area (Å²) in [5.74, 6) is 0.476. The fraction of sp³-hybridized carbons (Fsp3) is 0.381. The van der Waals surface area contributed by atoms with Crippen LogP contribution in [-0.2, 0) is 14.8 Å². The molecule has 1 heterocycles. The third kappa shape index (κ3) is 4.91. The maximum absolute atomic E-state index is 12.9. The van der Waals surface area contributed by atoms with Crippen LogP contribution in [0, 0.1) is 5.92 Å². The lowest BCUT2D eigenvalue weighted by atomic mass is 10.0. The number of para-hydroxylation sites is 1. The maximum atomic E-state index is 12.9. The molecule has 0 spiro atoms. The van der Waals surface area contributed by atoms with Crippen LogP contribution < -0.4 is 9.62 Å². The number of hydrogen-bond acceptors (Lipinski definition) is 4. The van der Waals surface area contributed by atoms with E-state index in [0.29, 0.717) is 23.8 Å². The van der Waals surface area contributed by atoms with Crippen LogP contribution in [0.3, 0.4) is 0 Å². The number of carbonyl (C=O) groups excluding carboxylic acids is 1. The van der Waals surface area contributed by atoms with Gasteiger partial charge in [0, 0.05) is 19.3 Å². The molecule has 0 aliphatic carbocycles. The molecule has 0 radical (unpaired) electrons. The van der Waals surface area contributed by atoms with E-state index >= 15 is 0 Å². The molecule has 3 rings (SSSR count). The third-order valence-electron chi connectivity index (χ3n) is 5.00. The Hall–Kier alpha value is -2.38. The molecule has 1 N–H and O–H groups in total. The zero-order chi connectivity index (χ0) is 20.1. The van der Waals surface area contributed by atoms with Gasteiger partial charge in [-0.15, -0.1) is 0 Å². The van der Waals surface area contributed by atoms with Crippen molar-refractivity contribution in [2.75, 3.05) is 36.3 Å². The lowest BCUT2D eigenvalue weighted by Crippen LogP contribution is -2.39. The van der Waals surface area contributed by atoms with E-state index < -0.39 is 10.0 Å². The highest BCUT2D eigenvalue weighted by Gasteiger charge is 2.22. The van der Waals surface area contributed by atoms with Gasteiger partial charge in [-0.05, 0) is 55.6 Å². The Balaban J connectivity index is 1.70. The van der Waals surface area contributed by atoms with Gasteiger partial charge in [-0.2, -0.15) is 0 Å². The Kier molecular flexibility index (Phi) is 6.36. The monoisotopic (exact) mass is 401 g/mol. The summed E-state index contributed by atoms with van der Waals surface area (Å²) >= 11 is 0. The van der Waals surface area contributed by atoms with Gasteiger partial charge in [0.1, 0.15) is 0 Å². The molecule has 2 aromatic rings. The van der Waals surface area contributed by atoms with Crippen molar-refractivity contribution in [3.63, 3.8) is 0 Å². The smallest absolute Gasteiger partial charge is 0.264 e. The summed E-state index contributed by atoms with van der Waals surface area (Å²) in [6, 6.07) is 15.3. The van der Waals surface area contributed by atoms with E-state index in [1.807, 2.05) is 6.07 Å². The molecule has 28 heavy (non-hydrogen) atoms. The number of hydrogen-bond donors (Lipinski definition) is 1. The summed E-state index contributed by atoms with van der Waals surface area (Å²) in [5, 5.41) is 2.83. The molecule has 6 nitrogen and oxygen atoms in total. The van der Waals surface area contributed by atoms with Gasteiger partial charge in [0.05, 0.1) is 17.1 Å². The summed E-state index contributed by atoms with van der Waals surface area (Å²) in [6.07, 6.45) is 2.31. The second kappa shape index (κ2) is 8.75. The molecule has 1 saturated heterocycles. The molecular weight excluding hydrogens is 374 g/mol. The van der Waals surface area contributed by atoms with Crippen LogP contribution in [0.1, 0.15) is 19.8 Å². The number of sulfonamides is 1. The molecule has 1 fully saturated rings. The highest BCUT2D eigenvalue weighted by Crippen LogP contribution is 2.23. The highest BCUT2D eigenvalue weighted by molar-refractivity contribution is 7.92. The maximum Gasteiger partial charge on any atom is 0.264 e. The van der Waals surface area contributed by atoms with Gasteiger partial charge in [-0.1, -0.05) is 31.2 Å². The van der Waals surface area contributed by atoms with Crippen molar-refractivity contribution in [3.8, 4) is 0 Å². The second-order valence-electron chi connectivity index (χ2n) is 7.37. The standard InChI is InChI=1S/C21H27N3O3S/c1-17-8-7-13-24(15-17)16-21(25)22-18-9-6-12-20(14-18)28(26,27)23(2)19-10-4-3-5-11-19/h3-6,9-12,14,17H,7-8,13,15-16H2,1-2H3,(H,22,25). The number of rotatable bonds is 6. The van der Waals surface area contributed by atoms with E-state index in [1.165, 1.54) is 29.9 Å². The van der Waals surface area contributed by atoms with Crippen LogP contribution in [0.15, 0.2) is 59.5 Å². The first-order chi connectivity index (χ1) is 13.4. The highest BCUT2D eigenvalue weighted by atomic mass is 32.2. The Labute approximate surface area is 167 Å². The van der Waals surface area contributed by atoms with E-state index in [-0.39, 0.29) is 10.8 Å². The molecule has 2 aromatic carbocycles. The number of carbonyl (C=O) groups is 1. The Morgan fingerprint density at radius 1 is 1.18 bits per heavy atom. The van der Waals surface area contributed by atoms with Gasteiger partial charge >= 0.3 is 0 Å². The molecule has 1 amide bonds. The Morgan fingerprint density at radius 2 is 1.93 bits per heavy atom. The Bertz CT molecular complexity index is 916. The van der Waals surface area contributed by atoms with Gasteiger partial charge in [0.2, 0.25) is 5.91 Å². The van der Waals surface area contributed by atoms with E-state index in [9.17, 15) is 13.2 Å². The number of piperidine rings is 1. The number of anilines is 2. The lowest BCUT2D eigenvalue weighted by molar-refractivity contribution is -0.117. The molecule has 1 atom stereocenters. The number of nitrogens with one attached hydrogen (secondary N) is 1. The fourth-order valence-corrected chi connectivity index (χ4v) is 4.74. The van der Waals surface area contributed by atoms with E-state index in [2.05, 4.69) is 17.1 Å². The Morgan fingerprint density at radius 3 is 2.64 bits per heavy atom. The van der Waals surface area contributed by atoms with Crippen molar-refractivity contribution in [2.24, 2.45) is 5.92 Å². The van der Waals surface area contributed by atoms with Gasteiger partial charge in [-0.3, -0.25) is 14.0 Å². The van der Waals surface area contributed by atoms with Crippen molar-refractivity contribution in [3.05, 3.63) is 54.6 Å². The SMILES string of the molecule is CC1CCCN(CC(=O)Nc2cccc(S(=O)(=O)N(C)c3ccccc3)c2)C1. The first-order valence-electron chi connectivity index (χ1n) is 9.52. The van der Waals surface area contributed by atoms with Crippen molar-refractivity contribution >= 4 is 27.3 Å². The van der Waals surface area contributed by atoms with Crippen LogP contribution in [0.25, 0.3) is 0 Å². The molecule has 0 aromatic heterocycles. The molecule has 7 heteroatoms. The predicted molar refractivity (Wildman–Crippen MR) is 112 cm³/mol. The molecule has 1 aliphatic rings. The fourth-order valence-electron chi connectivity index (χ4n) is 3.50. The molecule has 150 valence electrons. The van der Waals surface area contributed by atoms with Gasteiger partial charge in [-0.25, -0.2) is 8.42 Å².